The van der Waals surface area contributed by atoms with Gasteiger partial charge in [0.25, 0.3) is 0 Å². The van der Waals surface area contributed by atoms with Crippen molar-refractivity contribution in [2.45, 2.75) is 25.8 Å². The Morgan fingerprint density at radius 3 is 2.50 bits per heavy atom. The zero-order valence-corrected chi connectivity index (χ0v) is 14.9. The first kappa shape index (κ1) is 15.5. The molecule has 4 rings (SSSR count). The molecule has 0 radical (unpaired) electrons. The van der Waals surface area contributed by atoms with E-state index in [1.807, 2.05) is 12.1 Å². The number of nitrogens with zero attached hydrogens (tertiary/aromatic N) is 1. The van der Waals surface area contributed by atoms with Gasteiger partial charge in [-0.05, 0) is 24.5 Å². The number of rotatable bonds is 2. The van der Waals surface area contributed by atoms with Crippen molar-refractivity contribution < 1.29 is 35.8 Å². The van der Waals surface area contributed by atoms with Crippen LogP contribution in [-0.4, -0.2) is 10.4 Å². The molecule has 3 aromatic rings. The number of aromatic nitrogens is 1. The van der Waals surface area contributed by atoms with Gasteiger partial charge in [-0.15, -0.1) is 0 Å². The van der Waals surface area contributed by atoms with E-state index in [2.05, 4.69) is 47.0 Å². The molecule has 1 aliphatic rings. The molecule has 1 aromatic heterocycles. The van der Waals surface area contributed by atoms with E-state index in [4.69, 9.17) is 0 Å². The second-order valence-corrected chi connectivity index (χ2v) is 5.69. The van der Waals surface area contributed by atoms with Crippen LogP contribution >= 0.6 is 0 Å². The number of hydrogen-bond acceptors (Lipinski definition) is 1. The van der Waals surface area contributed by atoms with Gasteiger partial charge in [-0.25, -0.2) is 0 Å². The first-order valence-corrected chi connectivity index (χ1v) is 7.52. The Morgan fingerprint density at radius 2 is 1.68 bits per heavy atom. The summed E-state index contributed by atoms with van der Waals surface area (Å²) in [7, 11) is 0. The van der Waals surface area contributed by atoms with E-state index >= 15 is 0 Å². The standard InChI is InChI=1S/C19H17NO.Na.H/c21-18-12-6-11-17-19(18)15-9-4-5-10-16(15)20(17)13-14-7-2-1-3-8-14;;/h1-5,7-10H,6,11-13H2;;/q;+1;-1. The van der Waals surface area contributed by atoms with Gasteiger partial charge >= 0.3 is 29.6 Å². The minimum absolute atomic E-state index is 0. The molecular weight excluding hydrogens is 281 g/mol. The summed E-state index contributed by atoms with van der Waals surface area (Å²) in [5.41, 5.74) is 4.64. The molecule has 0 bridgehead atoms. The van der Waals surface area contributed by atoms with E-state index in [9.17, 15) is 4.79 Å². The zero-order valence-electron chi connectivity index (χ0n) is 13.9. The van der Waals surface area contributed by atoms with E-state index in [1.165, 1.54) is 16.8 Å². The first-order chi connectivity index (χ1) is 10.3. The summed E-state index contributed by atoms with van der Waals surface area (Å²) in [4.78, 5) is 12.4. The number of ketones is 1. The van der Waals surface area contributed by atoms with E-state index in [0.717, 1.165) is 30.3 Å². The summed E-state index contributed by atoms with van der Waals surface area (Å²) in [5.74, 6) is 0.305. The molecule has 0 amide bonds. The van der Waals surface area contributed by atoms with E-state index in [0.29, 0.717) is 12.2 Å². The third-order valence-electron chi connectivity index (χ3n) is 4.36. The van der Waals surface area contributed by atoms with Crippen molar-refractivity contribution in [2.75, 3.05) is 0 Å². The van der Waals surface area contributed by atoms with Gasteiger partial charge in [0.2, 0.25) is 0 Å². The summed E-state index contributed by atoms with van der Waals surface area (Å²) >= 11 is 0. The molecule has 22 heavy (non-hydrogen) atoms. The predicted molar refractivity (Wildman–Crippen MR) is 85.9 cm³/mol. The molecule has 2 aromatic carbocycles. The number of Topliss-reactive ketones (excluding diaryl/α,β-unsaturated/α-hetero) is 1. The van der Waals surface area contributed by atoms with Crippen molar-refractivity contribution >= 4 is 16.7 Å². The molecule has 2 nitrogen and oxygen atoms in total. The van der Waals surface area contributed by atoms with Gasteiger partial charge in [-0.1, -0.05) is 48.5 Å². The average molecular weight is 299 g/mol. The smallest absolute Gasteiger partial charge is 1.00 e. The Kier molecular flexibility index (Phi) is 4.53. The fourth-order valence-electron chi connectivity index (χ4n) is 3.42. The number of carbonyl (C=O) groups is 1. The molecule has 1 heterocycles. The monoisotopic (exact) mass is 299 g/mol. The van der Waals surface area contributed by atoms with Crippen LogP contribution in [0.3, 0.4) is 0 Å². The van der Waals surface area contributed by atoms with Crippen LogP contribution in [-0.2, 0) is 13.0 Å². The Morgan fingerprint density at radius 1 is 0.955 bits per heavy atom. The molecule has 0 saturated carbocycles. The van der Waals surface area contributed by atoms with E-state index < -0.39 is 0 Å². The Bertz CT molecular complexity index is 826. The molecule has 0 aliphatic heterocycles. The van der Waals surface area contributed by atoms with E-state index in [-0.39, 0.29) is 31.0 Å². The fourth-order valence-corrected chi connectivity index (χ4v) is 3.42. The predicted octanol–water partition coefficient (Wildman–Crippen LogP) is 1.33. The number of para-hydroxylation sites is 1. The number of benzene rings is 2. The summed E-state index contributed by atoms with van der Waals surface area (Å²) in [6.45, 7) is 0.837. The van der Waals surface area contributed by atoms with Gasteiger partial charge in [-0.2, -0.15) is 0 Å². The molecule has 106 valence electrons. The minimum Gasteiger partial charge on any atom is -1.00 e. The zero-order chi connectivity index (χ0) is 14.2. The van der Waals surface area contributed by atoms with E-state index in [1.54, 1.807) is 0 Å². The molecular formula is C19H18NNaO. The maximum Gasteiger partial charge on any atom is 1.00 e. The van der Waals surface area contributed by atoms with Crippen molar-refractivity contribution in [3.05, 3.63) is 71.4 Å². The van der Waals surface area contributed by atoms with Crippen LogP contribution in [0.25, 0.3) is 10.9 Å². The van der Waals surface area contributed by atoms with Crippen molar-refractivity contribution in [1.82, 2.24) is 4.57 Å². The molecule has 0 atom stereocenters. The molecule has 0 N–H and O–H groups in total. The second-order valence-electron chi connectivity index (χ2n) is 5.69. The van der Waals surface area contributed by atoms with Crippen LogP contribution in [0.15, 0.2) is 54.6 Å². The third kappa shape index (κ3) is 2.56. The maximum atomic E-state index is 12.4. The van der Waals surface area contributed by atoms with Crippen molar-refractivity contribution in [1.29, 1.82) is 0 Å². The summed E-state index contributed by atoms with van der Waals surface area (Å²) in [6.07, 6.45) is 2.66. The molecule has 0 fully saturated rings. The van der Waals surface area contributed by atoms with Crippen molar-refractivity contribution in [3.8, 4) is 0 Å². The molecule has 3 heteroatoms. The van der Waals surface area contributed by atoms with Crippen LogP contribution < -0.4 is 29.6 Å². The van der Waals surface area contributed by atoms with Gasteiger partial charge in [0.05, 0.1) is 0 Å². The number of hydrogen-bond donors (Lipinski definition) is 0. The second kappa shape index (κ2) is 6.41. The van der Waals surface area contributed by atoms with Gasteiger partial charge in [0.1, 0.15) is 0 Å². The van der Waals surface area contributed by atoms with Gasteiger partial charge in [-0.3, -0.25) is 4.79 Å². The first-order valence-electron chi connectivity index (χ1n) is 7.52. The van der Waals surface area contributed by atoms with Crippen LogP contribution in [0.2, 0.25) is 0 Å². The average Bonchev–Trinajstić information content (AvgIpc) is 2.84. The van der Waals surface area contributed by atoms with Crippen LogP contribution in [0, 0.1) is 0 Å². The molecule has 1 aliphatic carbocycles. The van der Waals surface area contributed by atoms with Crippen molar-refractivity contribution in [3.63, 3.8) is 0 Å². The molecule has 0 spiro atoms. The Labute approximate surface area is 153 Å². The largest absolute Gasteiger partial charge is 1.00 e. The molecule has 0 unspecified atom stereocenters. The maximum absolute atomic E-state index is 12.4. The summed E-state index contributed by atoms with van der Waals surface area (Å²) in [6, 6.07) is 18.8. The van der Waals surface area contributed by atoms with Gasteiger partial charge in [0, 0.05) is 35.1 Å². The number of carbonyl (C=O) groups excluding carboxylic acids is 1. The van der Waals surface area contributed by atoms with Crippen LogP contribution in [0.1, 0.15) is 35.9 Å². The van der Waals surface area contributed by atoms with Crippen LogP contribution in [0.4, 0.5) is 0 Å². The SMILES string of the molecule is O=C1CCCc2c1c1ccccc1n2Cc1ccccc1.[H-].[Na+]. The summed E-state index contributed by atoms with van der Waals surface area (Å²) in [5, 5.41) is 1.12. The molecule has 0 saturated heterocycles. The van der Waals surface area contributed by atoms with Gasteiger partial charge in [0.15, 0.2) is 5.78 Å². The van der Waals surface area contributed by atoms with Crippen LogP contribution in [0.5, 0.6) is 0 Å². The van der Waals surface area contributed by atoms with Crippen molar-refractivity contribution in [2.24, 2.45) is 0 Å². The third-order valence-corrected chi connectivity index (χ3v) is 4.36. The van der Waals surface area contributed by atoms with Gasteiger partial charge < -0.3 is 5.99 Å². The minimum atomic E-state index is 0. The number of fused-ring (bicyclic) bond motifs is 3. The Balaban J connectivity index is 0.000000960. The quantitative estimate of drug-likeness (QED) is 0.654. The summed E-state index contributed by atoms with van der Waals surface area (Å²) < 4.78 is 2.33. The normalized spacial score (nSPS) is 13.7. The topological polar surface area (TPSA) is 22.0 Å². The Hall–Kier alpha value is -1.35. The fraction of sp³-hybridized carbons (Fsp3) is 0.211.